The zero-order chi connectivity index (χ0) is 29.4. The number of nitrogens with two attached hydrogens (primary N) is 1. The Kier molecular flexibility index (Phi) is 9.64. The molecule has 1 aromatic carbocycles. The predicted octanol–water partition coefficient (Wildman–Crippen LogP) is -0.600. The average molecular weight is 724 g/mol. The molecule has 0 saturated carbocycles. The van der Waals surface area contributed by atoms with Crippen LogP contribution in [0, 0.1) is 22.0 Å². The second-order valence-corrected chi connectivity index (χ2v) is 11.9. The number of carbonyl (C=O) groups is 3. The predicted molar refractivity (Wildman–Crippen MR) is 148 cm³/mol. The van der Waals surface area contributed by atoms with Crippen molar-refractivity contribution in [2.45, 2.75) is 43.5 Å². The Morgan fingerprint density at radius 1 is 1.26 bits per heavy atom. The first-order valence-corrected chi connectivity index (χ1v) is 14.3. The van der Waals surface area contributed by atoms with E-state index in [1.165, 1.54) is 52.3 Å². The normalized spacial score (nSPS) is 19.9. The molecule has 2 aromatic heterocycles. The number of amides is 2. The number of benzene rings is 1. The van der Waals surface area contributed by atoms with Gasteiger partial charge in [0.25, 0.3) is 11.6 Å². The first-order valence-electron chi connectivity index (χ1n) is 12.6. The Hall–Kier alpha value is -3.41. The molecule has 220 valence electrons. The lowest BCUT2D eigenvalue weighted by molar-refractivity contribution is -0.684. The standard InChI is InChI=1S/C27H25N5O7S2.HI/c1-14-22-21(15(2)33)25(35)31(22)23(26(36)39-12-16-3-5-18(6-4-16)32(37)38)24(14)41-27-29-19(13-40-27)17-7-9-30(10-8-17)11-20(28)34;/h3-10,13-15,21-22,33H,11-12H2,1-2H3,(H-,28,34);1H/t14-,15?,21-,22-;/m1./s1. The summed E-state index contributed by atoms with van der Waals surface area (Å²) in [5.41, 5.74) is 7.39. The van der Waals surface area contributed by atoms with E-state index in [1.54, 1.807) is 23.9 Å². The van der Waals surface area contributed by atoms with Gasteiger partial charge in [0.2, 0.25) is 12.5 Å². The van der Waals surface area contributed by atoms with E-state index < -0.39 is 28.8 Å². The highest BCUT2D eigenvalue weighted by atomic mass is 127. The number of nitro benzene ring substituents is 1. The van der Waals surface area contributed by atoms with Crippen LogP contribution in [0.2, 0.25) is 0 Å². The smallest absolute Gasteiger partial charge is 0.356 e. The summed E-state index contributed by atoms with van der Waals surface area (Å²) in [5.74, 6) is -2.38. The van der Waals surface area contributed by atoms with E-state index in [1.807, 2.05) is 24.4 Å². The summed E-state index contributed by atoms with van der Waals surface area (Å²) in [5, 5.41) is 23.0. The Bertz CT molecular complexity index is 1560. The van der Waals surface area contributed by atoms with Gasteiger partial charge >= 0.3 is 5.97 Å². The van der Waals surface area contributed by atoms with Gasteiger partial charge in [0.1, 0.15) is 12.3 Å². The molecule has 0 spiro atoms. The molecule has 1 unspecified atom stereocenters. The summed E-state index contributed by atoms with van der Waals surface area (Å²) in [4.78, 5) is 54.7. The number of aliphatic hydroxyl groups excluding tert-OH is 1. The molecule has 0 bridgehead atoms. The lowest BCUT2D eigenvalue weighted by atomic mass is 9.79. The van der Waals surface area contributed by atoms with Crippen LogP contribution >= 0.6 is 23.1 Å². The van der Waals surface area contributed by atoms with Crippen LogP contribution in [-0.2, 0) is 32.3 Å². The highest BCUT2D eigenvalue weighted by Gasteiger charge is 2.60. The molecule has 4 atom stereocenters. The molecule has 0 radical (unpaired) electrons. The van der Waals surface area contributed by atoms with Gasteiger partial charge in [0.05, 0.1) is 28.7 Å². The molecular formula is C27H26IN5O7S2. The molecule has 2 amide bonds. The number of rotatable bonds is 10. The van der Waals surface area contributed by atoms with Crippen molar-refractivity contribution in [2.24, 2.45) is 17.6 Å². The van der Waals surface area contributed by atoms with E-state index in [2.05, 4.69) is 0 Å². The number of primary amides is 1. The number of carbonyl (C=O) groups excluding carboxylic acids is 3. The molecule has 0 aliphatic carbocycles. The average Bonchev–Trinajstić information content (AvgIpc) is 3.49. The Morgan fingerprint density at radius 3 is 2.52 bits per heavy atom. The van der Waals surface area contributed by atoms with E-state index >= 15 is 0 Å². The third-order valence-electron chi connectivity index (χ3n) is 7.02. The van der Waals surface area contributed by atoms with Crippen LogP contribution in [-0.4, -0.2) is 49.8 Å². The van der Waals surface area contributed by atoms with Gasteiger partial charge in [0.15, 0.2) is 16.7 Å². The number of non-ortho nitro benzene ring substituents is 1. The Balaban J connectivity index is 0.00000405. The van der Waals surface area contributed by atoms with Crippen molar-refractivity contribution in [1.82, 2.24) is 9.88 Å². The van der Waals surface area contributed by atoms with Crippen LogP contribution < -0.4 is 34.3 Å². The number of aliphatic hydroxyl groups is 1. The first kappa shape index (κ1) is 31.5. The topological polar surface area (TPSA) is 170 Å². The van der Waals surface area contributed by atoms with Crippen LogP contribution in [0.15, 0.2) is 69.1 Å². The van der Waals surface area contributed by atoms with Gasteiger partial charge in [-0.15, -0.1) is 11.3 Å². The zero-order valence-electron chi connectivity index (χ0n) is 22.4. The Labute approximate surface area is 265 Å². The first-order chi connectivity index (χ1) is 19.5. The number of nitro groups is 1. The van der Waals surface area contributed by atoms with Crippen molar-refractivity contribution in [3.63, 3.8) is 0 Å². The van der Waals surface area contributed by atoms with E-state index in [4.69, 9.17) is 15.5 Å². The summed E-state index contributed by atoms with van der Waals surface area (Å²) in [6.45, 7) is 3.40. The van der Waals surface area contributed by atoms with Gasteiger partial charge in [-0.05, 0) is 24.6 Å². The fraction of sp³-hybridized carbons (Fsp3) is 0.296. The number of hydrogen-bond donors (Lipinski definition) is 2. The minimum Gasteiger partial charge on any atom is -1.00 e. The molecule has 5 rings (SSSR count). The van der Waals surface area contributed by atoms with Gasteiger partial charge in [-0.25, -0.2) is 9.78 Å². The largest absolute Gasteiger partial charge is 1.00 e. The molecule has 1 saturated heterocycles. The fourth-order valence-corrected chi connectivity index (χ4v) is 7.12. The number of ether oxygens (including phenoxy) is 1. The molecular weight excluding hydrogens is 697 g/mol. The highest BCUT2D eigenvalue weighted by molar-refractivity contribution is 8.04. The molecule has 2 aliphatic heterocycles. The van der Waals surface area contributed by atoms with E-state index in [0.29, 0.717) is 20.5 Å². The quantitative estimate of drug-likeness (QED) is 0.0693. The number of aromatic nitrogens is 2. The molecule has 4 heterocycles. The highest BCUT2D eigenvalue weighted by Crippen LogP contribution is 2.52. The number of nitrogens with zero attached hydrogens (tertiary/aromatic N) is 4. The number of hydrogen-bond acceptors (Lipinski definition) is 10. The monoisotopic (exact) mass is 723 g/mol. The lowest BCUT2D eigenvalue weighted by Crippen LogP contribution is -3.00. The number of thiazole rings is 1. The van der Waals surface area contributed by atoms with Crippen LogP contribution in [0.3, 0.4) is 0 Å². The minimum atomic E-state index is -0.880. The zero-order valence-corrected chi connectivity index (χ0v) is 26.2. The van der Waals surface area contributed by atoms with Gasteiger partial charge in [0, 0.05) is 46.0 Å². The third kappa shape index (κ3) is 6.18. The summed E-state index contributed by atoms with van der Waals surface area (Å²) in [6.07, 6.45) is 2.59. The fourth-order valence-electron chi connectivity index (χ4n) is 5.02. The van der Waals surface area contributed by atoms with Crippen LogP contribution in [0.25, 0.3) is 11.3 Å². The van der Waals surface area contributed by atoms with Crippen molar-refractivity contribution >= 4 is 46.6 Å². The second-order valence-electron chi connectivity index (χ2n) is 9.79. The summed E-state index contributed by atoms with van der Waals surface area (Å²) in [6, 6.07) is 8.92. The van der Waals surface area contributed by atoms with Crippen LogP contribution in [0.1, 0.15) is 19.4 Å². The number of thioether (sulfide) groups is 1. The maximum Gasteiger partial charge on any atom is 0.356 e. The number of pyridine rings is 1. The number of halogens is 1. The minimum absolute atomic E-state index is 0. The molecule has 2 aliphatic rings. The molecule has 3 N–H and O–H groups in total. The molecule has 42 heavy (non-hydrogen) atoms. The molecule has 1 fully saturated rings. The summed E-state index contributed by atoms with van der Waals surface area (Å²) >= 11 is 2.67. The molecule has 15 heteroatoms. The maximum absolute atomic E-state index is 13.4. The van der Waals surface area contributed by atoms with Crippen molar-refractivity contribution in [1.29, 1.82) is 0 Å². The van der Waals surface area contributed by atoms with Crippen molar-refractivity contribution in [3.8, 4) is 11.3 Å². The van der Waals surface area contributed by atoms with Crippen LogP contribution in [0.4, 0.5) is 5.69 Å². The number of fused-ring (bicyclic) bond motifs is 1. The Morgan fingerprint density at radius 2 is 1.93 bits per heavy atom. The molecule has 3 aromatic rings. The third-order valence-corrected chi connectivity index (χ3v) is 9.25. The van der Waals surface area contributed by atoms with Gasteiger partial charge in [-0.2, -0.15) is 4.57 Å². The second kappa shape index (κ2) is 12.8. The van der Waals surface area contributed by atoms with Gasteiger partial charge in [-0.3, -0.25) is 19.7 Å². The van der Waals surface area contributed by atoms with Crippen molar-refractivity contribution in [3.05, 3.63) is 80.5 Å². The van der Waals surface area contributed by atoms with Crippen LogP contribution in [0.5, 0.6) is 0 Å². The van der Waals surface area contributed by atoms with Gasteiger partial charge in [-0.1, -0.05) is 18.7 Å². The van der Waals surface area contributed by atoms with E-state index in [9.17, 15) is 29.6 Å². The SMILES string of the molecule is CC(O)[C@H]1C(=O)N2C(C(=O)OCc3ccc([N+](=O)[O-])cc3)=C(Sc3nc(-c4cc[n+](CC(N)=O)cc4)cs3)[C@H](C)[C@H]12.[I-]. The maximum atomic E-state index is 13.4. The van der Waals surface area contributed by atoms with Gasteiger partial charge < -0.3 is 44.5 Å². The summed E-state index contributed by atoms with van der Waals surface area (Å²) < 4.78 is 7.86. The summed E-state index contributed by atoms with van der Waals surface area (Å²) in [7, 11) is 0. The number of β-lactam (4-membered cyclic amide) rings is 1. The van der Waals surface area contributed by atoms with Crippen molar-refractivity contribution in [2.75, 3.05) is 0 Å². The van der Waals surface area contributed by atoms with Crippen molar-refractivity contribution < 1.29 is 57.7 Å². The molecule has 12 nitrogen and oxygen atoms in total. The van der Waals surface area contributed by atoms with E-state index in [0.717, 1.165) is 5.56 Å². The van der Waals surface area contributed by atoms with E-state index in [-0.39, 0.29) is 66.4 Å². The lowest BCUT2D eigenvalue weighted by Gasteiger charge is -2.46. The number of esters is 1.